The van der Waals surface area contributed by atoms with Crippen LogP contribution in [0.15, 0.2) is 53.3 Å². The number of nitrogens with zero attached hydrogens (tertiary/aromatic N) is 3. The number of ether oxygens (including phenoxy) is 2. The van der Waals surface area contributed by atoms with Gasteiger partial charge in [-0.05, 0) is 50.2 Å². The van der Waals surface area contributed by atoms with Gasteiger partial charge in [-0.2, -0.15) is 0 Å². The minimum atomic E-state index is -0.536. The van der Waals surface area contributed by atoms with Gasteiger partial charge in [0.15, 0.2) is 12.1 Å². The van der Waals surface area contributed by atoms with Crippen LogP contribution in [0.25, 0.3) is 22.5 Å². The van der Waals surface area contributed by atoms with E-state index in [0.717, 1.165) is 16.8 Å². The number of anilines is 1. The molecule has 10 nitrogen and oxygen atoms in total. The molecule has 4 aromatic rings. The van der Waals surface area contributed by atoms with E-state index in [2.05, 4.69) is 25.8 Å². The largest absolute Gasteiger partial charge is 0.359 e. The summed E-state index contributed by atoms with van der Waals surface area (Å²) in [6.45, 7) is 4.04. The maximum Gasteiger partial charge on any atom is 0.319 e. The summed E-state index contributed by atoms with van der Waals surface area (Å²) in [6.07, 6.45) is 3.24. The predicted octanol–water partition coefficient (Wildman–Crippen LogP) is 3.99. The third-order valence-electron chi connectivity index (χ3n) is 5.77. The molecule has 0 unspecified atom stereocenters. The van der Waals surface area contributed by atoms with Crippen molar-refractivity contribution in [3.63, 3.8) is 0 Å². The molecule has 186 valence electrons. The fraction of sp³-hybridized carbons (Fsp3) is 0.280. The Morgan fingerprint density at radius 2 is 1.81 bits per heavy atom. The number of hydrogen-bond acceptors (Lipinski definition) is 7. The molecule has 4 heterocycles. The van der Waals surface area contributed by atoms with Gasteiger partial charge in [0.05, 0.1) is 37.1 Å². The molecule has 11 heteroatoms. The highest BCUT2D eigenvalue weighted by molar-refractivity contribution is 5.90. The molecule has 0 radical (unpaired) electrons. The highest BCUT2D eigenvalue weighted by Crippen LogP contribution is 2.30. The highest BCUT2D eigenvalue weighted by atomic mass is 19.1. The molecule has 0 spiro atoms. The number of urea groups is 1. The van der Waals surface area contributed by atoms with Crippen molar-refractivity contribution in [1.82, 2.24) is 25.4 Å². The second-order valence-corrected chi connectivity index (χ2v) is 8.44. The lowest BCUT2D eigenvalue weighted by Gasteiger charge is -2.29. The predicted molar refractivity (Wildman–Crippen MR) is 129 cm³/mol. The Balaban J connectivity index is 1.23. The summed E-state index contributed by atoms with van der Waals surface area (Å²) < 4.78 is 30.2. The Bertz CT molecular complexity index is 1310. The molecule has 3 N–H and O–H groups in total. The summed E-state index contributed by atoms with van der Waals surface area (Å²) in [5.41, 5.74) is 4.33. The number of carbonyl (C=O) groups excluding carboxylic acids is 1. The van der Waals surface area contributed by atoms with Crippen molar-refractivity contribution in [3.8, 4) is 22.5 Å². The summed E-state index contributed by atoms with van der Waals surface area (Å²) in [6, 6.07) is 9.24. The fourth-order valence-corrected chi connectivity index (χ4v) is 3.96. The maximum atomic E-state index is 13.5. The molecule has 36 heavy (non-hydrogen) atoms. The second kappa shape index (κ2) is 10.3. The zero-order valence-corrected chi connectivity index (χ0v) is 19.7. The number of H-pyrrole nitrogens is 1. The second-order valence-electron chi connectivity index (χ2n) is 8.44. The van der Waals surface area contributed by atoms with E-state index < -0.39 is 12.3 Å². The Morgan fingerprint density at radius 3 is 2.47 bits per heavy atom. The van der Waals surface area contributed by atoms with Crippen molar-refractivity contribution in [2.24, 2.45) is 0 Å². The smallest absolute Gasteiger partial charge is 0.319 e. The number of hydrogen-bond donors (Lipinski definition) is 3. The average molecular weight is 493 g/mol. The average Bonchev–Trinajstić information content (AvgIpc) is 3.45. The monoisotopic (exact) mass is 492 g/mol. The normalized spacial score (nSPS) is 17.6. The number of amides is 2. The maximum absolute atomic E-state index is 13.5. The number of aryl methyl sites for hydroxylation is 2. The first-order valence-electron chi connectivity index (χ1n) is 11.4. The van der Waals surface area contributed by atoms with E-state index in [1.165, 1.54) is 12.1 Å². The molecule has 0 bridgehead atoms. The van der Waals surface area contributed by atoms with Gasteiger partial charge in [-0.15, -0.1) is 0 Å². The van der Waals surface area contributed by atoms with Crippen molar-refractivity contribution in [1.29, 1.82) is 0 Å². The third-order valence-corrected chi connectivity index (χ3v) is 5.77. The van der Waals surface area contributed by atoms with Gasteiger partial charge in [0.1, 0.15) is 23.0 Å². The van der Waals surface area contributed by atoms with Crippen LogP contribution in [0.4, 0.5) is 14.9 Å². The molecule has 1 fully saturated rings. The number of benzene rings is 1. The van der Waals surface area contributed by atoms with E-state index in [0.29, 0.717) is 35.1 Å². The van der Waals surface area contributed by atoms with Crippen molar-refractivity contribution in [2.45, 2.75) is 32.6 Å². The topological polar surface area (TPSA) is 127 Å². The highest BCUT2D eigenvalue weighted by Gasteiger charge is 2.26. The lowest BCUT2D eigenvalue weighted by molar-refractivity contribution is -0.187. The fourth-order valence-electron chi connectivity index (χ4n) is 3.96. The number of nitrogens with one attached hydrogen (secondary N) is 3. The first-order valence-corrected chi connectivity index (χ1v) is 11.4. The zero-order valence-electron chi connectivity index (χ0n) is 19.7. The summed E-state index contributed by atoms with van der Waals surface area (Å²) in [5.74, 6) is 0.879. The van der Waals surface area contributed by atoms with Gasteiger partial charge in [-0.25, -0.2) is 14.2 Å². The van der Waals surface area contributed by atoms with Gasteiger partial charge in [-0.1, -0.05) is 5.16 Å². The van der Waals surface area contributed by atoms with E-state index >= 15 is 0 Å². The van der Waals surface area contributed by atoms with Gasteiger partial charge in [0.25, 0.3) is 0 Å². The summed E-state index contributed by atoms with van der Waals surface area (Å²) in [5, 5.41) is 9.39. The SMILES string of the molecule is Cc1noc(C)c1NC(=O)NC1COC(Cc2nc(-c3ccc(F)cc3)c(-c3ccncc3)[nH]2)OC1. The van der Waals surface area contributed by atoms with Crippen LogP contribution in [-0.4, -0.2) is 51.7 Å². The van der Waals surface area contributed by atoms with Crippen molar-refractivity contribution in [2.75, 3.05) is 18.5 Å². The Kier molecular flexibility index (Phi) is 6.74. The lowest BCUT2D eigenvalue weighted by Crippen LogP contribution is -2.48. The van der Waals surface area contributed by atoms with Crippen LogP contribution in [0.3, 0.4) is 0 Å². The van der Waals surface area contributed by atoms with Crippen LogP contribution in [0.1, 0.15) is 17.3 Å². The molecular weight excluding hydrogens is 467 g/mol. The summed E-state index contributed by atoms with van der Waals surface area (Å²) >= 11 is 0. The molecular formula is C25H25FN6O4. The molecule has 1 aromatic carbocycles. The van der Waals surface area contributed by atoms with Crippen LogP contribution in [0, 0.1) is 19.7 Å². The van der Waals surface area contributed by atoms with Crippen molar-refractivity contribution >= 4 is 11.7 Å². The zero-order chi connectivity index (χ0) is 25.1. The minimum Gasteiger partial charge on any atom is -0.359 e. The first-order chi connectivity index (χ1) is 17.5. The van der Waals surface area contributed by atoms with Gasteiger partial charge in [-0.3, -0.25) is 4.98 Å². The number of pyridine rings is 1. The van der Waals surface area contributed by atoms with E-state index in [4.69, 9.17) is 19.0 Å². The van der Waals surface area contributed by atoms with E-state index in [9.17, 15) is 9.18 Å². The summed E-state index contributed by atoms with van der Waals surface area (Å²) in [4.78, 5) is 24.5. The van der Waals surface area contributed by atoms with Gasteiger partial charge >= 0.3 is 6.03 Å². The summed E-state index contributed by atoms with van der Waals surface area (Å²) in [7, 11) is 0. The molecule has 0 aliphatic carbocycles. The van der Waals surface area contributed by atoms with Gasteiger partial charge in [0, 0.05) is 23.5 Å². The molecule has 5 rings (SSSR count). The Morgan fingerprint density at radius 1 is 1.08 bits per heavy atom. The standard InChI is InChI=1S/C25H25FN6O4/c1-14-22(15(2)36-32-14)31-25(33)28-19-12-34-21(35-13-19)11-20-29-23(16-3-5-18(26)6-4-16)24(30-20)17-7-9-27-10-8-17/h3-10,19,21H,11-13H2,1-2H3,(H,29,30)(H2,28,31,33). The molecule has 0 atom stereocenters. The van der Waals surface area contributed by atoms with Crippen molar-refractivity contribution < 1.29 is 23.2 Å². The minimum absolute atomic E-state index is 0.280. The first kappa shape index (κ1) is 23.6. The number of carbonyl (C=O) groups is 1. The van der Waals surface area contributed by atoms with Crippen molar-refractivity contribution in [3.05, 3.63) is 71.9 Å². The van der Waals surface area contributed by atoms with Crippen LogP contribution in [0.5, 0.6) is 0 Å². The molecule has 1 aliphatic rings. The van der Waals surface area contributed by atoms with Crippen LogP contribution in [0.2, 0.25) is 0 Å². The molecule has 1 saturated heterocycles. The Hall–Kier alpha value is -4.09. The lowest BCUT2D eigenvalue weighted by atomic mass is 10.1. The number of rotatable bonds is 6. The third kappa shape index (κ3) is 5.26. The van der Waals surface area contributed by atoms with Crippen LogP contribution >= 0.6 is 0 Å². The van der Waals surface area contributed by atoms with Crippen LogP contribution in [-0.2, 0) is 15.9 Å². The van der Waals surface area contributed by atoms with Gasteiger partial charge < -0.3 is 29.6 Å². The number of aromatic amines is 1. The van der Waals surface area contributed by atoms with E-state index in [1.807, 2.05) is 12.1 Å². The van der Waals surface area contributed by atoms with Crippen LogP contribution < -0.4 is 10.6 Å². The quantitative estimate of drug-likeness (QED) is 0.371. The van der Waals surface area contributed by atoms with E-state index in [-0.39, 0.29) is 25.1 Å². The van der Waals surface area contributed by atoms with E-state index in [1.54, 1.807) is 38.4 Å². The molecule has 2 amide bonds. The number of aromatic nitrogens is 4. The molecule has 0 saturated carbocycles. The molecule has 3 aromatic heterocycles. The molecule has 1 aliphatic heterocycles. The number of imidazole rings is 1. The van der Waals surface area contributed by atoms with Gasteiger partial charge in [0.2, 0.25) is 0 Å². The number of halogens is 1. The Labute approximate surface area is 206 Å².